The van der Waals surface area contributed by atoms with E-state index in [2.05, 4.69) is 75.4 Å². The molecule has 0 bridgehead atoms. The second-order valence-electron chi connectivity index (χ2n) is 7.48. The maximum atomic E-state index is 2.53. The molecular formula is C22H24. The molecule has 0 radical (unpaired) electrons. The van der Waals surface area contributed by atoms with E-state index in [1.807, 2.05) is 0 Å². The first-order valence-corrected chi connectivity index (χ1v) is 8.48. The van der Waals surface area contributed by atoms with Crippen molar-refractivity contribution in [3.63, 3.8) is 0 Å². The van der Waals surface area contributed by atoms with Gasteiger partial charge in [0, 0.05) is 11.3 Å². The minimum Gasteiger partial charge on any atom is -0.0836 e. The second kappa shape index (κ2) is 4.84. The molecule has 0 nitrogen and oxygen atoms in total. The fourth-order valence-electron chi connectivity index (χ4n) is 4.46. The molecule has 0 N–H and O–H groups in total. The third-order valence-electron chi connectivity index (χ3n) is 5.58. The Morgan fingerprint density at radius 2 is 1.91 bits per heavy atom. The van der Waals surface area contributed by atoms with E-state index in [0.717, 1.165) is 6.42 Å². The monoisotopic (exact) mass is 288 g/mol. The highest BCUT2D eigenvalue weighted by Crippen LogP contribution is 2.54. The molecule has 0 fully saturated rings. The lowest BCUT2D eigenvalue weighted by Crippen LogP contribution is -2.20. The summed E-state index contributed by atoms with van der Waals surface area (Å²) in [5.74, 6) is 1.18. The van der Waals surface area contributed by atoms with Crippen LogP contribution in [0.2, 0.25) is 0 Å². The first kappa shape index (κ1) is 13.8. The summed E-state index contributed by atoms with van der Waals surface area (Å²) in [6.07, 6.45) is 13.9. The van der Waals surface area contributed by atoms with Crippen LogP contribution in [0.25, 0.3) is 5.57 Å². The molecule has 1 aromatic rings. The molecule has 0 amide bonds. The Labute approximate surface area is 133 Å². The number of fused-ring (bicyclic) bond motifs is 2. The van der Waals surface area contributed by atoms with Gasteiger partial charge in [0.05, 0.1) is 0 Å². The highest BCUT2D eigenvalue weighted by Gasteiger charge is 2.41. The molecule has 0 heterocycles. The van der Waals surface area contributed by atoms with Crippen LogP contribution in [0, 0.1) is 11.8 Å². The van der Waals surface area contributed by atoms with Gasteiger partial charge in [-0.25, -0.2) is 0 Å². The van der Waals surface area contributed by atoms with Crippen LogP contribution in [0.3, 0.4) is 0 Å². The van der Waals surface area contributed by atoms with Crippen LogP contribution in [-0.4, -0.2) is 0 Å². The largest absolute Gasteiger partial charge is 0.0836 e. The lowest BCUT2D eigenvalue weighted by molar-refractivity contribution is 0.559. The SMILES string of the molecule is CC1C=C(C2C=CC=CC2)C2=C(C1)C(C)(C)c1ccccc12. The van der Waals surface area contributed by atoms with Gasteiger partial charge in [0.1, 0.15) is 0 Å². The van der Waals surface area contributed by atoms with Crippen molar-refractivity contribution in [3.8, 4) is 0 Å². The summed E-state index contributed by atoms with van der Waals surface area (Å²) in [5.41, 5.74) is 7.94. The van der Waals surface area contributed by atoms with Crippen LogP contribution in [0.4, 0.5) is 0 Å². The Morgan fingerprint density at radius 3 is 2.68 bits per heavy atom. The maximum Gasteiger partial charge on any atom is 0.0121 e. The van der Waals surface area contributed by atoms with E-state index in [0.29, 0.717) is 11.8 Å². The molecule has 0 aromatic heterocycles. The third kappa shape index (κ3) is 1.90. The van der Waals surface area contributed by atoms with Gasteiger partial charge in [0.25, 0.3) is 0 Å². The quantitative estimate of drug-likeness (QED) is 0.610. The van der Waals surface area contributed by atoms with Crippen molar-refractivity contribution in [2.24, 2.45) is 11.8 Å². The summed E-state index contributed by atoms with van der Waals surface area (Å²) in [4.78, 5) is 0. The summed E-state index contributed by atoms with van der Waals surface area (Å²) >= 11 is 0. The summed E-state index contributed by atoms with van der Waals surface area (Å²) in [5, 5.41) is 0. The van der Waals surface area contributed by atoms with Crippen LogP contribution >= 0.6 is 0 Å². The van der Waals surface area contributed by atoms with E-state index in [-0.39, 0.29) is 5.41 Å². The van der Waals surface area contributed by atoms with E-state index in [1.165, 1.54) is 17.5 Å². The minimum absolute atomic E-state index is 0.175. The Morgan fingerprint density at radius 1 is 1.09 bits per heavy atom. The lowest BCUT2D eigenvalue weighted by atomic mass is 9.73. The number of hydrogen-bond acceptors (Lipinski definition) is 0. The molecule has 0 spiro atoms. The van der Waals surface area contributed by atoms with Gasteiger partial charge in [-0.2, -0.15) is 0 Å². The van der Waals surface area contributed by atoms with Crippen LogP contribution in [0.5, 0.6) is 0 Å². The topological polar surface area (TPSA) is 0 Å². The van der Waals surface area contributed by atoms with E-state index < -0.39 is 0 Å². The van der Waals surface area contributed by atoms with Crippen molar-refractivity contribution in [3.05, 3.63) is 76.9 Å². The molecule has 0 aliphatic heterocycles. The Balaban J connectivity index is 1.90. The predicted molar refractivity (Wildman–Crippen MR) is 94.6 cm³/mol. The molecule has 3 aliphatic rings. The van der Waals surface area contributed by atoms with Gasteiger partial charge in [0.2, 0.25) is 0 Å². The highest BCUT2D eigenvalue weighted by molar-refractivity contribution is 5.91. The summed E-state index contributed by atoms with van der Waals surface area (Å²) in [6.45, 7) is 7.17. The lowest BCUT2D eigenvalue weighted by Gasteiger charge is -2.31. The van der Waals surface area contributed by atoms with E-state index >= 15 is 0 Å². The average Bonchev–Trinajstić information content (AvgIpc) is 2.76. The third-order valence-corrected chi connectivity index (χ3v) is 5.58. The van der Waals surface area contributed by atoms with E-state index in [1.54, 1.807) is 16.7 Å². The highest BCUT2D eigenvalue weighted by atomic mass is 14.4. The smallest absolute Gasteiger partial charge is 0.0121 e. The van der Waals surface area contributed by atoms with E-state index in [4.69, 9.17) is 0 Å². The molecule has 3 aliphatic carbocycles. The molecule has 22 heavy (non-hydrogen) atoms. The van der Waals surface area contributed by atoms with Crippen molar-refractivity contribution in [2.45, 2.75) is 39.0 Å². The number of hydrogen-bond donors (Lipinski definition) is 0. The number of allylic oxidation sites excluding steroid dienone is 8. The van der Waals surface area contributed by atoms with Crippen LogP contribution in [0.1, 0.15) is 44.7 Å². The van der Waals surface area contributed by atoms with Crippen molar-refractivity contribution in [1.82, 2.24) is 0 Å². The Kier molecular flexibility index (Phi) is 3.04. The molecule has 4 rings (SSSR count). The van der Waals surface area contributed by atoms with Crippen molar-refractivity contribution >= 4 is 5.57 Å². The van der Waals surface area contributed by atoms with Gasteiger partial charge in [-0.1, -0.05) is 81.0 Å². The van der Waals surface area contributed by atoms with Crippen molar-refractivity contribution in [1.29, 1.82) is 0 Å². The van der Waals surface area contributed by atoms with Crippen LogP contribution in [-0.2, 0) is 5.41 Å². The first-order chi connectivity index (χ1) is 10.6. The molecule has 0 saturated carbocycles. The van der Waals surface area contributed by atoms with Crippen molar-refractivity contribution in [2.75, 3.05) is 0 Å². The Bertz CT molecular complexity index is 737. The average molecular weight is 288 g/mol. The number of rotatable bonds is 1. The van der Waals surface area contributed by atoms with Gasteiger partial charge < -0.3 is 0 Å². The maximum absolute atomic E-state index is 2.53. The molecule has 2 unspecified atom stereocenters. The fraction of sp³-hybridized carbons (Fsp3) is 0.364. The van der Waals surface area contributed by atoms with Crippen LogP contribution < -0.4 is 0 Å². The van der Waals surface area contributed by atoms with Crippen LogP contribution in [0.15, 0.2) is 65.8 Å². The summed E-state index contributed by atoms with van der Waals surface area (Å²) < 4.78 is 0. The zero-order valence-corrected chi connectivity index (χ0v) is 13.8. The second-order valence-corrected chi connectivity index (χ2v) is 7.48. The van der Waals surface area contributed by atoms with Gasteiger partial charge in [-0.15, -0.1) is 0 Å². The van der Waals surface area contributed by atoms with Gasteiger partial charge in [0.15, 0.2) is 0 Å². The Hall–Kier alpha value is -1.82. The van der Waals surface area contributed by atoms with Gasteiger partial charge in [-0.05, 0) is 41.0 Å². The summed E-state index contributed by atoms with van der Waals surface area (Å²) in [6, 6.07) is 9.03. The molecule has 2 atom stereocenters. The standard InChI is InChI=1S/C22H24/c1-15-13-18(16-9-5-4-6-10-16)21-17-11-7-8-12-19(17)22(2,3)20(21)14-15/h4-9,11-13,15-16H,10,14H2,1-3H3. The van der Waals surface area contributed by atoms with Gasteiger partial charge in [-0.3, -0.25) is 0 Å². The van der Waals surface area contributed by atoms with Crippen molar-refractivity contribution < 1.29 is 0 Å². The fourth-order valence-corrected chi connectivity index (χ4v) is 4.46. The predicted octanol–water partition coefficient (Wildman–Crippen LogP) is 5.83. The van der Waals surface area contributed by atoms with E-state index in [9.17, 15) is 0 Å². The molecular weight excluding hydrogens is 264 g/mol. The van der Waals surface area contributed by atoms with Gasteiger partial charge >= 0.3 is 0 Å². The number of benzene rings is 1. The normalized spacial score (nSPS) is 28.4. The molecule has 1 aromatic carbocycles. The molecule has 0 saturated heterocycles. The first-order valence-electron chi connectivity index (χ1n) is 8.48. The zero-order chi connectivity index (χ0) is 15.3. The molecule has 112 valence electrons. The summed E-state index contributed by atoms with van der Waals surface area (Å²) in [7, 11) is 0. The molecule has 0 heteroatoms. The minimum atomic E-state index is 0.175. The zero-order valence-electron chi connectivity index (χ0n) is 13.8.